The number of nitrogens with one attached hydrogen (secondary N) is 2. The second kappa shape index (κ2) is 8.23. The maximum atomic E-state index is 12.8. The fourth-order valence-corrected chi connectivity index (χ4v) is 2.47. The normalized spacial score (nSPS) is 17.9. The van der Waals surface area contributed by atoms with Crippen molar-refractivity contribution < 1.29 is 22.7 Å². The lowest BCUT2D eigenvalue weighted by atomic mass is 10.2. The van der Waals surface area contributed by atoms with Crippen molar-refractivity contribution in [3.05, 3.63) is 40.6 Å². The standard InChI is InChI=1S/C16H15ClF3N3O2/c17-14-4-3-11(6-13(14)16(18,19)20)22-8-10(7-21)15(24)23-9-12-2-1-5-25-12/h3-4,6,8,12,22H,1-2,5,9H2,(H,23,24)/b10-8-. The van der Waals surface area contributed by atoms with Gasteiger partial charge in [0.05, 0.1) is 16.7 Å². The Kier molecular flexibility index (Phi) is 6.28. The fourth-order valence-electron chi connectivity index (χ4n) is 2.24. The molecule has 0 bridgehead atoms. The van der Waals surface area contributed by atoms with Crippen LogP contribution in [0.25, 0.3) is 0 Å². The molecular weight excluding hydrogens is 359 g/mol. The lowest BCUT2D eigenvalue weighted by Crippen LogP contribution is -2.32. The minimum atomic E-state index is -4.60. The van der Waals surface area contributed by atoms with Gasteiger partial charge in [0.15, 0.2) is 0 Å². The Balaban J connectivity index is 2.02. The van der Waals surface area contributed by atoms with E-state index >= 15 is 0 Å². The zero-order valence-corrected chi connectivity index (χ0v) is 13.7. The molecule has 0 spiro atoms. The molecule has 9 heteroatoms. The van der Waals surface area contributed by atoms with Gasteiger partial charge in [0.1, 0.15) is 11.6 Å². The summed E-state index contributed by atoms with van der Waals surface area (Å²) in [5.41, 5.74) is -1.22. The molecule has 1 atom stereocenters. The van der Waals surface area contributed by atoms with Crippen LogP contribution in [-0.2, 0) is 15.7 Å². The first-order chi connectivity index (χ1) is 11.8. The van der Waals surface area contributed by atoms with Gasteiger partial charge in [-0.3, -0.25) is 4.79 Å². The number of ether oxygens (including phenoxy) is 1. The molecule has 0 radical (unpaired) electrons. The molecule has 0 aromatic heterocycles. The van der Waals surface area contributed by atoms with Gasteiger partial charge in [-0.1, -0.05) is 11.6 Å². The summed E-state index contributed by atoms with van der Waals surface area (Å²) in [5.74, 6) is -0.629. The molecule has 5 nitrogen and oxygen atoms in total. The van der Waals surface area contributed by atoms with Crippen molar-refractivity contribution >= 4 is 23.2 Å². The van der Waals surface area contributed by atoms with Gasteiger partial charge in [-0.05, 0) is 31.0 Å². The van der Waals surface area contributed by atoms with Crippen LogP contribution in [0.3, 0.4) is 0 Å². The summed E-state index contributed by atoms with van der Waals surface area (Å²) in [4.78, 5) is 11.9. The van der Waals surface area contributed by atoms with E-state index in [1.807, 2.05) is 0 Å². The Morgan fingerprint density at radius 1 is 1.48 bits per heavy atom. The van der Waals surface area contributed by atoms with Crippen LogP contribution in [0, 0.1) is 11.3 Å². The molecule has 1 aliphatic rings. The van der Waals surface area contributed by atoms with Crippen LogP contribution in [-0.4, -0.2) is 25.2 Å². The summed E-state index contributed by atoms with van der Waals surface area (Å²) in [7, 11) is 0. The van der Waals surface area contributed by atoms with Crippen molar-refractivity contribution in [1.29, 1.82) is 5.26 Å². The van der Waals surface area contributed by atoms with E-state index in [0.29, 0.717) is 6.61 Å². The summed E-state index contributed by atoms with van der Waals surface area (Å²) < 4.78 is 43.8. The average Bonchev–Trinajstić information content (AvgIpc) is 3.07. The zero-order chi connectivity index (χ0) is 18.4. The maximum Gasteiger partial charge on any atom is 0.417 e. The second-order valence-electron chi connectivity index (χ2n) is 5.35. The number of nitrogens with zero attached hydrogens (tertiary/aromatic N) is 1. The highest BCUT2D eigenvalue weighted by Crippen LogP contribution is 2.36. The number of amides is 1. The summed E-state index contributed by atoms with van der Waals surface area (Å²) >= 11 is 5.53. The molecule has 0 aliphatic carbocycles. The lowest BCUT2D eigenvalue weighted by Gasteiger charge is -2.12. The zero-order valence-electron chi connectivity index (χ0n) is 13.0. The summed E-state index contributed by atoms with van der Waals surface area (Å²) in [6.45, 7) is 0.915. The molecule has 134 valence electrons. The summed E-state index contributed by atoms with van der Waals surface area (Å²) in [5, 5.41) is 13.7. The molecule has 2 N–H and O–H groups in total. The van der Waals surface area contributed by atoms with Gasteiger partial charge >= 0.3 is 6.18 Å². The number of benzene rings is 1. The highest BCUT2D eigenvalue weighted by molar-refractivity contribution is 6.31. The van der Waals surface area contributed by atoms with Crippen LogP contribution in [0.4, 0.5) is 18.9 Å². The van der Waals surface area contributed by atoms with E-state index in [0.717, 1.165) is 31.2 Å². The van der Waals surface area contributed by atoms with Crippen molar-refractivity contribution in [1.82, 2.24) is 5.32 Å². The van der Waals surface area contributed by atoms with Gasteiger partial charge < -0.3 is 15.4 Å². The highest BCUT2D eigenvalue weighted by Gasteiger charge is 2.33. The molecule has 1 aliphatic heterocycles. The molecule has 1 fully saturated rings. The number of alkyl halides is 3. The molecule has 1 heterocycles. The highest BCUT2D eigenvalue weighted by atomic mass is 35.5. The predicted molar refractivity (Wildman–Crippen MR) is 85.8 cm³/mol. The maximum absolute atomic E-state index is 12.8. The van der Waals surface area contributed by atoms with E-state index in [1.54, 1.807) is 6.07 Å². The SMILES string of the molecule is N#C/C(=C/Nc1ccc(Cl)c(C(F)(F)F)c1)C(=O)NCC1CCCO1. The van der Waals surface area contributed by atoms with Crippen LogP contribution in [0.2, 0.25) is 5.02 Å². The Bertz CT molecular complexity index is 708. The van der Waals surface area contributed by atoms with E-state index in [9.17, 15) is 18.0 Å². The topological polar surface area (TPSA) is 74.2 Å². The van der Waals surface area contributed by atoms with Gasteiger partial charge in [0.25, 0.3) is 5.91 Å². The van der Waals surface area contributed by atoms with E-state index in [1.165, 1.54) is 6.07 Å². The van der Waals surface area contributed by atoms with Crippen molar-refractivity contribution in [2.75, 3.05) is 18.5 Å². The summed E-state index contributed by atoms with van der Waals surface area (Å²) in [6, 6.07) is 4.91. The average molecular weight is 374 g/mol. The second-order valence-corrected chi connectivity index (χ2v) is 5.76. The Morgan fingerprint density at radius 2 is 2.24 bits per heavy atom. The number of carbonyl (C=O) groups excluding carboxylic acids is 1. The molecule has 0 saturated carbocycles. The molecule has 1 aromatic carbocycles. The first kappa shape index (κ1) is 19.1. The quantitative estimate of drug-likeness (QED) is 0.612. The van der Waals surface area contributed by atoms with E-state index in [4.69, 9.17) is 21.6 Å². The number of rotatable bonds is 5. The van der Waals surface area contributed by atoms with Crippen LogP contribution in [0.5, 0.6) is 0 Å². The predicted octanol–water partition coefficient (Wildman–Crippen LogP) is 3.47. The molecule has 25 heavy (non-hydrogen) atoms. The minimum Gasteiger partial charge on any atom is -0.376 e. The van der Waals surface area contributed by atoms with Crippen molar-refractivity contribution in [3.8, 4) is 6.07 Å². The largest absolute Gasteiger partial charge is 0.417 e. The number of anilines is 1. The molecular formula is C16H15ClF3N3O2. The summed E-state index contributed by atoms with van der Waals surface area (Å²) in [6.07, 6.45) is -1.89. The van der Waals surface area contributed by atoms with Crippen LogP contribution in [0.1, 0.15) is 18.4 Å². The number of nitriles is 1. The third kappa shape index (κ3) is 5.37. The van der Waals surface area contributed by atoms with Gasteiger partial charge in [-0.25, -0.2) is 0 Å². The van der Waals surface area contributed by atoms with Crippen LogP contribution in [0.15, 0.2) is 30.0 Å². The Labute approximate surface area is 147 Å². The van der Waals surface area contributed by atoms with Crippen molar-refractivity contribution in [3.63, 3.8) is 0 Å². The van der Waals surface area contributed by atoms with Gasteiger partial charge in [0, 0.05) is 25.0 Å². The third-order valence-corrected chi connectivity index (χ3v) is 3.86. The first-order valence-corrected chi connectivity index (χ1v) is 7.82. The van der Waals surface area contributed by atoms with Crippen LogP contribution >= 0.6 is 11.6 Å². The number of halogens is 4. The fraction of sp³-hybridized carbons (Fsp3) is 0.375. The number of hydrogen-bond donors (Lipinski definition) is 2. The molecule has 2 rings (SSSR count). The smallest absolute Gasteiger partial charge is 0.376 e. The molecule has 1 amide bonds. The molecule has 1 unspecified atom stereocenters. The van der Waals surface area contributed by atoms with E-state index < -0.39 is 22.7 Å². The van der Waals surface area contributed by atoms with Gasteiger partial charge in [-0.15, -0.1) is 0 Å². The minimum absolute atomic E-state index is 0.0522. The third-order valence-electron chi connectivity index (χ3n) is 3.53. The Hall–Kier alpha value is -2.24. The van der Waals surface area contributed by atoms with Gasteiger partial charge in [0.2, 0.25) is 0 Å². The lowest BCUT2D eigenvalue weighted by molar-refractivity contribution is -0.137. The molecule has 1 aromatic rings. The van der Waals surface area contributed by atoms with Crippen molar-refractivity contribution in [2.24, 2.45) is 0 Å². The monoisotopic (exact) mass is 373 g/mol. The van der Waals surface area contributed by atoms with E-state index in [2.05, 4.69) is 10.6 Å². The number of carbonyl (C=O) groups is 1. The first-order valence-electron chi connectivity index (χ1n) is 7.44. The van der Waals surface area contributed by atoms with E-state index in [-0.39, 0.29) is 23.9 Å². The van der Waals surface area contributed by atoms with Crippen molar-refractivity contribution in [2.45, 2.75) is 25.1 Å². The Morgan fingerprint density at radius 3 is 2.84 bits per heavy atom. The van der Waals surface area contributed by atoms with Gasteiger partial charge in [-0.2, -0.15) is 18.4 Å². The molecule has 1 saturated heterocycles. The number of hydrogen-bond acceptors (Lipinski definition) is 4. The van der Waals surface area contributed by atoms with Crippen LogP contribution < -0.4 is 10.6 Å².